The van der Waals surface area contributed by atoms with Crippen LogP contribution >= 0.6 is 0 Å². The van der Waals surface area contributed by atoms with E-state index >= 15 is 0 Å². The molecular weight excluding hydrogens is 660 g/mol. The maximum Gasteiger partial charge on any atom is 0.245 e. The van der Waals surface area contributed by atoms with Crippen molar-refractivity contribution in [1.82, 2.24) is 29.6 Å². The lowest BCUT2D eigenvalue weighted by Gasteiger charge is -2.27. The average molecular weight is 709 g/mol. The van der Waals surface area contributed by atoms with Crippen LogP contribution in [0.2, 0.25) is 0 Å². The highest BCUT2D eigenvalue weighted by atomic mass is 16.6. The summed E-state index contributed by atoms with van der Waals surface area (Å²) in [6, 6.07) is 8.96. The second kappa shape index (κ2) is 14.9. The summed E-state index contributed by atoms with van der Waals surface area (Å²) in [6.07, 6.45) is 8.90. The Kier molecular flexibility index (Phi) is 10.3. The van der Waals surface area contributed by atoms with E-state index in [-0.39, 0.29) is 54.1 Å². The summed E-state index contributed by atoms with van der Waals surface area (Å²) in [6.45, 7) is 5.93. The normalized spacial score (nSPS) is 25.4. The van der Waals surface area contributed by atoms with Gasteiger partial charge < -0.3 is 19.1 Å². The highest BCUT2D eigenvalue weighted by molar-refractivity contribution is 6.07. The zero-order valence-electron chi connectivity index (χ0n) is 30.8. The molecule has 5 heterocycles. The SMILES string of the molecule is COC1CCCCCc2cc(-c3cnc(C)nc3)cc3c(C(C)=O)nn(c23)CC(=O)N2[C@H](C(=O)Cc3cccc(C)n3)C[C@@]3(COCC1OC)C[C@@H]23. The van der Waals surface area contributed by atoms with Gasteiger partial charge in [-0.25, -0.2) is 9.97 Å². The number of hydrogen-bond donors (Lipinski definition) is 0. The molecule has 1 saturated carbocycles. The van der Waals surface area contributed by atoms with Crippen LogP contribution in [-0.2, 0) is 43.2 Å². The number of carbonyl (C=O) groups excluding carboxylic acids is 3. The van der Waals surface area contributed by atoms with Crippen molar-refractivity contribution in [3.63, 3.8) is 0 Å². The summed E-state index contributed by atoms with van der Waals surface area (Å²) in [5.74, 6) is 0.246. The molecule has 2 aliphatic heterocycles. The third kappa shape index (κ3) is 7.16. The van der Waals surface area contributed by atoms with E-state index in [1.165, 1.54) is 6.92 Å². The van der Waals surface area contributed by atoms with Crippen LogP contribution in [0.5, 0.6) is 0 Å². The lowest BCUT2D eigenvalue weighted by atomic mass is 9.96. The first-order valence-electron chi connectivity index (χ1n) is 18.3. The monoisotopic (exact) mass is 708 g/mol. The maximum absolute atomic E-state index is 14.6. The predicted octanol–water partition coefficient (Wildman–Crippen LogP) is 5.04. The molecule has 0 N–H and O–H groups in total. The van der Waals surface area contributed by atoms with E-state index in [0.29, 0.717) is 48.7 Å². The molecule has 2 bridgehead atoms. The van der Waals surface area contributed by atoms with Gasteiger partial charge in [0.15, 0.2) is 11.6 Å². The molecule has 5 atom stereocenters. The standard InChI is InChI=1S/C40H48N6O6/c1-24-10-9-12-30(43-24)16-33(48)32-17-40-18-36(40)46(32)37(49)21-45-39-27(11-7-6-8-13-34(50-4)35(51-5)22-52-23-40)14-28(29-19-41-26(3)42-20-29)15-31(39)38(44-45)25(2)47/h9-10,12,14-15,19-20,32,34-36H,6-8,11,13,16-18,21-23H2,1-5H3/t32-,34?,35?,36+,40-/m0/s1. The second-order valence-corrected chi connectivity index (χ2v) is 14.8. The average Bonchev–Trinajstić information content (AvgIpc) is 3.52. The van der Waals surface area contributed by atoms with E-state index in [1.54, 1.807) is 36.2 Å². The molecule has 3 aromatic heterocycles. The van der Waals surface area contributed by atoms with Crippen molar-refractivity contribution in [2.75, 3.05) is 27.4 Å². The Balaban J connectivity index is 1.29. The minimum absolute atomic E-state index is 0.0430. The molecule has 2 fully saturated rings. The van der Waals surface area contributed by atoms with Crippen molar-refractivity contribution in [3.8, 4) is 11.1 Å². The van der Waals surface area contributed by atoms with Crippen molar-refractivity contribution in [2.24, 2.45) is 5.41 Å². The number of hydrogen-bond acceptors (Lipinski definition) is 10. The Hall–Kier alpha value is -4.39. The molecule has 12 nitrogen and oxygen atoms in total. The van der Waals surface area contributed by atoms with Gasteiger partial charge in [-0.15, -0.1) is 0 Å². The molecule has 2 unspecified atom stereocenters. The molecule has 4 aromatic rings. The Labute approximate surface area is 304 Å². The fourth-order valence-electron chi connectivity index (χ4n) is 8.35. The quantitative estimate of drug-likeness (QED) is 0.240. The van der Waals surface area contributed by atoms with Gasteiger partial charge in [0.1, 0.15) is 24.2 Å². The molecule has 52 heavy (non-hydrogen) atoms. The number of pyridine rings is 1. The van der Waals surface area contributed by atoms with Crippen molar-refractivity contribution in [1.29, 1.82) is 0 Å². The van der Waals surface area contributed by atoms with E-state index < -0.39 is 6.04 Å². The summed E-state index contributed by atoms with van der Waals surface area (Å²) in [5.41, 5.74) is 5.00. The first kappa shape index (κ1) is 36.0. The van der Waals surface area contributed by atoms with Gasteiger partial charge in [-0.1, -0.05) is 18.9 Å². The van der Waals surface area contributed by atoms with Gasteiger partial charge in [0.05, 0.1) is 37.3 Å². The molecule has 7 rings (SSSR count). The number of aromatic nitrogens is 5. The van der Waals surface area contributed by atoms with Gasteiger partial charge in [0, 0.05) is 67.3 Å². The number of rotatable bonds is 7. The number of benzene rings is 1. The number of amides is 1. The molecule has 0 radical (unpaired) electrons. The Morgan fingerprint density at radius 1 is 1.00 bits per heavy atom. The van der Waals surface area contributed by atoms with E-state index in [2.05, 4.69) is 21.0 Å². The number of ether oxygens (including phenoxy) is 3. The zero-order chi connectivity index (χ0) is 36.6. The van der Waals surface area contributed by atoms with Crippen LogP contribution in [0, 0.1) is 19.3 Å². The van der Waals surface area contributed by atoms with Crippen molar-refractivity contribution < 1.29 is 28.6 Å². The molecule has 3 aliphatic rings. The summed E-state index contributed by atoms with van der Waals surface area (Å²) < 4.78 is 19.8. The van der Waals surface area contributed by atoms with Gasteiger partial charge in [-0.05, 0) is 81.3 Å². The minimum atomic E-state index is -0.620. The summed E-state index contributed by atoms with van der Waals surface area (Å²) >= 11 is 0. The first-order chi connectivity index (χ1) is 25.1. The largest absolute Gasteiger partial charge is 0.379 e. The van der Waals surface area contributed by atoms with Gasteiger partial charge >= 0.3 is 0 Å². The Morgan fingerprint density at radius 3 is 2.52 bits per heavy atom. The lowest BCUT2D eigenvalue weighted by Crippen LogP contribution is -2.45. The summed E-state index contributed by atoms with van der Waals surface area (Å²) in [7, 11) is 3.40. The van der Waals surface area contributed by atoms with Crippen LogP contribution in [0.3, 0.4) is 0 Å². The molecule has 1 saturated heterocycles. The minimum Gasteiger partial charge on any atom is -0.379 e. The van der Waals surface area contributed by atoms with Crippen LogP contribution in [-0.4, -0.2) is 98.8 Å². The van der Waals surface area contributed by atoms with E-state index in [4.69, 9.17) is 19.3 Å². The highest BCUT2D eigenvalue weighted by Gasteiger charge is 2.67. The second-order valence-electron chi connectivity index (χ2n) is 14.8. The van der Waals surface area contributed by atoms with Gasteiger partial charge in [0.25, 0.3) is 0 Å². The van der Waals surface area contributed by atoms with Crippen molar-refractivity contribution in [2.45, 2.75) is 103 Å². The smallest absolute Gasteiger partial charge is 0.245 e. The topological polar surface area (TPSA) is 139 Å². The molecular formula is C40H48N6O6. The van der Waals surface area contributed by atoms with E-state index in [1.807, 2.05) is 38.1 Å². The van der Waals surface area contributed by atoms with Crippen LogP contribution in [0.15, 0.2) is 42.7 Å². The third-order valence-electron chi connectivity index (χ3n) is 11.2. The molecule has 1 aromatic carbocycles. The number of Topliss-reactive ketones (excluding diaryl/α,β-unsaturated/α-hetero) is 2. The predicted molar refractivity (Wildman–Crippen MR) is 194 cm³/mol. The van der Waals surface area contributed by atoms with E-state index in [0.717, 1.165) is 60.0 Å². The summed E-state index contributed by atoms with van der Waals surface area (Å²) in [5, 5.41) is 5.49. The molecule has 1 amide bonds. The van der Waals surface area contributed by atoms with Crippen LogP contribution < -0.4 is 0 Å². The van der Waals surface area contributed by atoms with Crippen LogP contribution in [0.4, 0.5) is 0 Å². The number of nitrogens with zero attached hydrogens (tertiary/aromatic N) is 6. The Morgan fingerprint density at radius 2 is 1.79 bits per heavy atom. The fraction of sp³-hybridized carbons (Fsp3) is 0.525. The third-order valence-corrected chi connectivity index (χ3v) is 11.2. The number of ketones is 2. The lowest BCUT2D eigenvalue weighted by molar-refractivity contribution is -0.139. The number of methoxy groups -OCH3 is 2. The zero-order valence-corrected chi connectivity index (χ0v) is 30.8. The van der Waals surface area contributed by atoms with Gasteiger partial charge in [-0.3, -0.25) is 24.0 Å². The molecule has 274 valence electrons. The van der Waals surface area contributed by atoms with Crippen molar-refractivity contribution >= 4 is 28.4 Å². The number of carbonyl (C=O) groups is 3. The first-order valence-corrected chi connectivity index (χ1v) is 18.3. The molecule has 0 spiro atoms. The fourth-order valence-corrected chi connectivity index (χ4v) is 8.35. The molecule has 12 heteroatoms. The van der Waals surface area contributed by atoms with E-state index in [9.17, 15) is 14.4 Å². The van der Waals surface area contributed by atoms with Gasteiger partial charge in [-0.2, -0.15) is 5.10 Å². The number of aryl methyl sites for hydroxylation is 3. The maximum atomic E-state index is 14.6. The van der Waals surface area contributed by atoms with Gasteiger partial charge in [0.2, 0.25) is 5.91 Å². The Bertz CT molecular complexity index is 1980. The number of piperidine rings is 1. The molecule has 1 aliphatic carbocycles. The van der Waals surface area contributed by atoms with Crippen LogP contribution in [0.25, 0.3) is 22.0 Å². The summed E-state index contributed by atoms with van der Waals surface area (Å²) in [4.78, 5) is 56.9. The van der Waals surface area contributed by atoms with Crippen LogP contribution in [0.1, 0.15) is 78.7 Å². The van der Waals surface area contributed by atoms with Crippen molar-refractivity contribution in [3.05, 3.63) is 71.2 Å². The highest BCUT2D eigenvalue weighted by Crippen LogP contribution is 2.60.